The summed E-state index contributed by atoms with van der Waals surface area (Å²) in [6.07, 6.45) is 0. The summed E-state index contributed by atoms with van der Waals surface area (Å²) in [6, 6.07) is 6.32. The quantitative estimate of drug-likeness (QED) is 0.340. The molecule has 1 aliphatic heterocycles. The molecule has 0 amide bonds. The predicted octanol–water partition coefficient (Wildman–Crippen LogP) is 3.31. The molecule has 0 saturated heterocycles. The average molecular weight is 446 g/mol. The van der Waals surface area contributed by atoms with Crippen LogP contribution in [0.2, 0.25) is 5.02 Å². The molecule has 9 nitrogen and oxygen atoms in total. The monoisotopic (exact) mass is 445 g/mol. The summed E-state index contributed by atoms with van der Waals surface area (Å²) < 4.78 is 38.2. The Morgan fingerprint density at radius 3 is 2.07 bits per heavy atom. The molecule has 1 aromatic rings. The van der Waals surface area contributed by atoms with Gasteiger partial charge in [-0.05, 0) is 38.1 Å². The Balaban J connectivity index is 2.72. The van der Waals surface area contributed by atoms with Gasteiger partial charge in [-0.3, -0.25) is 4.57 Å². The lowest BCUT2D eigenvalue weighted by Gasteiger charge is -2.22. The van der Waals surface area contributed by atoms with Crippen LogP contribution in [0.25, 0.3) is 0 Å². The van der Waals surface area contributed by atoms with Gasteiger partial charge in [0, 0.05) is 24.8 Å². The van der Waals surface area contributed by atoms with E-state index in [4.69, 9.17) is 34.9 Å². The SMILES string of the molecule is CCOC(=O)C1(C(=O)OCC)N=C(c2ccc(Cl)cc2)OC1=CP(=O)(OC)OC. The molecule has 0 unspecified atom stereocenters. The smallest absolute Gasteiger partial charge is 0.357 e. The molecule has 1 aromatic carbocycles. The Bertz CT molecular complexity index is 854. The second-order valence-electron chi connectivity index (χ2n) is 5.58. The van der Waals surface area contributed by atoms with Gasteiger partial charge in [-0.25, -0.2) is 14.6 Å². The second-order valence-corrected chi connectivity index (χ2v) is 8.08. The number of benzene rings is 1. The molecule has 29 heavy (non-hydrogen) atoms. The van der Waals surface area contributed by atoms with Crippen LogP contribution in [0, 0.1) is 0 Å². The molecule has 1 heterocycles. The highest BCUT2D eigenvalue weighted by atomic mass is 35.5. The average Bonchev–Trinajstić information content (AvgIpc) is 3.09. The van der Waals surface area contributed by atoms with E-state index in [9.17, 15) is 14.2 Å². The molecule has 0 aliphatic carbocycles. The zero-order chi connectivity index (χ0) is 21.7. The molecular formula is C18H21ClNO8P. The first kappa shape index (κ1) is 23.1. The van der Waals surface area contributed by atoms with E-state index in [1.54, 1.807) is 38.1 Å². The molecule has 158 valence electrons. The van der Waals surface area contributed by atoms with Crippen LogP contribution in [0.15, 0.2) is 40.8 Å². The van der Waals surface area contributed by atoms with E-state index in [1.165, 1.54) is 0 Å². The van der Waals surface area contributed by atoms with Gasteiger partial charge in [-0.15, -0.1) is 0 Å². The van der Waals surface area contributed by atoms with Crippen molar-refractivity contribution in [2.45, 2.75) is 19.4 Å². The van der Waals surface area contributed by atoms with Crippen molar-refractivity contribution in [1.29, 1.82) is 0 Å². The number of carbonyl (C=O) groups is 2. The van der Waals surface area contributed by atoms with Gasteiger partial charge in [0.15, 0.2) is 5.76 Å². The van der Waals surface area contributed by atoms with Crippen molar-refractivity contribution in [3.8, 4) is 0 Å². The van der Waals surface area contributed by atoms with Crippen molar-refractivity contribution in [2.75, 3.05) is 27.4 Å². The number of aliphatic imine (C=N–C) groups is 1. The first-order chi connectivity index (χ1) is 13.8. The maximum absolute atomic E-state index is 12.8. The first-order valence-electron chi connectivity index (χ1n) is 8.58. The van der Waals surface area contributed by atoms with Crippen LogP contribution in [0.5, 0.6) is 0 Å². The van der Waals surface area contributed by atoms with Gasteiger partial charge in [0.05, 0.1) is 19.0 Å². The Labute approximate surface area is 173 Å². The van der Waals surface area contributed by atoms with E-state index in [0.717, 1.165) is 20.0 Å². The van der Waals surface area contributed by atoms with Crippen molar-refractivity contribution in [3.63, 3.8) is 0 Å². The summed E-state index contributed by atoms with van der Waals surface area (Å²) in [4.78, 5) is 29.9. The lowest BCUT2D eigenvalue weighted by molar-refractivity contribution is -0.162. The van der Waals surface area contributed by atoms with Crippen LogP contribution in [0.4, 0.5) is 0 Å². The number of hydrogen-bond acceptors (Lipinski definition) is 9. The molecule has 2 rings (SSSR count). The van der Waals surface area contributed by atoms with Crippen LogP contribution >= 0.6 is 19.2 Å². The van der Waals surface area contributed by atoms with Crippen molar-refractivity contribution >= 4 is 37.0 Å². The maximum atomic E-state index is 12.8. The molecule has 0 bridgehead atoms. The summed E-state index contributed by atoms with van der Waals surface area (Å²) in [5, 5.41) is 0.466. The topological polar surface area (TPSA) is 110 Å². The third-order valence-electron chi connectivity index (χ3n) is 3.85. The third kappa shape index (κ3) is 4.70. The molecule has 1 aliphatic rings. The molecule has 0 fully saturated rings. The van der Waals surface area contributed by atoms with Crippen molar-refractivity contribution in [2.24, 2.45) is 4.99 Å². The first-order valence-corrected chi connectivity index (χ1v) is 10.6. The van der Waals surface area contributed by atoms with Crippen LogP contribution < -0.4 is 0 Å². The summed E-state index contributed by atoms with van der Waals surface area (Å²) in [7, 11) is -1.56. The number of rotatable bonds is 8. The Hall–Kier alpha value is -2.19. The van der Waals surface area contributed by atoms with E-state index in [-0.39, 0.29) is 19.1 Å². The predicted molar refractivity (Wildman–Crippen MR) is 105 cm³/mol. The Kier molecular flexibility index (Phi) is 7.60. The minimum Gasteiger partial charge on any atom is -0.463 e. The summed E-state index contributed by atoms with van der Waals surface area (Å²) in [5.41, 5.74) is -1.94. The third-order valence-corrected chi connectivity index (χ3v) is 5.67. The van der Waals surface area contributed by atoms with Crippen molar-refractivity contribution in [1.82, 2.24) is 0 Å². The minimum atomic E-state index is -3.85. The lowest BCUT2D eigenvalue weighted by atomic mass is 9.99. The largest absolute Gasteiger partial charge is 0.463 e. The highest BCUT2D eigenvalue weighted by molar-refractivity contribution is 7.57. The molecule has 11 heteroatoms. The molecule has 0 radical (unpaired) electrons. The molecule has 0 aromatic heterocycles. The molecule has 0 saturated carbocycles. The number of halogens is 1. The minimum absolute atomic E-state index is 0.0364. The van der Waals surface area contributed by atoms with Crippen molar-refractivity contribution < 1.29 is 37.4 Å². The Morgan fingerprint density at radius 2 is 1.62 bits per heavy atom. The van der Waals surface area contributed by atoms with Gasteiger partial charge in [0.1, 0.15) is 0 Å². The fourth-order valence-corrected chi connectivity index (χ4v) is 3.43. The van der Waals surface area contributed by atoms with Gasteiger partial charge in [-0.2, -0.15) is 0 Å². The number of esters is 2. The zero-order valence-electron chi connectivity index (χ0n) is 16.3. The summed E-state index contributed by atoms with van der Waals surface area (Å²) in [5.74, 6) is -1.67. The molecular weight excluding hydrogens is 425 g/mol. The number of nitrogens with zero attached hydrogens (tertiary/aromatic N) is 1. The fraction of sp³-hybridized carbons (Fsp3) is 0.389. The van der Waals surface area contributed by atoms with E-state index in [0.29, 0.717) is 10.6 Å². The van der Waals surface area contributed by atoms with Crippen LogP contribution in [0.3, 0.4) is 0 Å². The molecule has 0 N–H and O–H groups in total. The maximum Gasteiger partial charge on any atom is 0.357 e. The lowest BCUT2D eigenvalue weighted by Crippen LogP contribution is -2.47. The van der Waals surface area contributed by atoms with Gasteiger partial charge in [0.25, 0.3) is 0 Å². The summed E-state index contributed by atoms with van der Waals surface area (Å²) in [6.45, 7) is 3.06. The number of hydrogen-bond donors (Lipinski definition) is 0. The van der Waals surface area contributed by atoms with E-state index >= 15 is 0 Å². The van der Waals surface area contributed by atoms with E-state index in [2.05, 4.69) is 4.99 Å². The van der Waals surface area contributed by atoms with Gasteiger partial charge >= 0.3 is 25.1 Å². The van der Waals surface area contributed by atoms with Crippen LogP contribution in [-0.4, -0.2) is 50.8 Å². The normalized spacial score (nSPS) is 16.9. The molecule has 0 atom stereocenters. The fourth-order valence-electron chi connectivity index (χ4n) is 2.41. The number of ether oxygens (including phenoxy) is 3. The summed E-state index contributed by atoms with van der Waals surface area (Å²) >= 11 is 5.90. The molecule has 0 spiro atoms. The highest BCUT2D eigenvalue weighted by Crippen LogP contribution is 2.51. The number of carbonyl (C=O) groups excluding carboxylic acids is 2. The second kappa shape index (κ2) is 9.54. The van der Waals surface area contributed by atoms with Crippen LogP contribution in [-0.2, 0) is 37.4 Å². The van der Waals surface area contributed by atoms with Crippen molar-refractivity contribution in [3.05, 3.63) is 46.4 Å². The van der Waals surface area contributed by atoms with Gasteiger partial charge in [-0.1, -0.05) is 11.6 Å². The highest BCUT2D eigenvalue weighted by Gasteiger charge is 2.59. The Morgan fingerprint density at radius 1 is 1.10 bits per heavy atom. The zero-order valence-corrected chi connectivity index (χ0v) is 18.0. The van der Waals surface area contributed by atoms with Gasteiger partial charge < -0.3 is 23.3 Å². The van der Waals surface area contributed by atoms with Gasteiger partial charge in [0.2, 0.25) is 5.90 Å². The van der Waals surface area contributed by atoms with E-state index < -0.39 is 30.8 Å². The van der Waals surface area contributed by atoms with E-state index in [1.807, 2.05) is 0 Å². The van der Waals surface area contributed by atoms with Crippen LogP contribution in [0.1, 0.15) is 19.4 Å². The standard InChI is InChI=1S/C18H21ClNO8P/c1-5-26-16(21)18(17(22)27-6-2)14(11-29(23,24-3)25-4)28-15(20-18)12-7-9-13(19)10-8-12/h7-11H,5-6H2,1-4H3.